The predicted molar refractivity (Wildman–Crippen MR) is 120 cm³/mol. The van der Waals surface area contributed by atoms with Gasteiger partial charge in [-0.05, 0) is 37.6 Å². The minimum Gasteiger partial charge on any atom is -0.489 e. The molecule has 0 bridgehead atoms. The number of amides is 1. The fourth-order valence-electron chi connectivity index (χ4n) is 3.94. The van der Waals surface area contributed by atoms with Gasteiger partial charge in [0.1, 0.15) is 18.1 Å². The monoisotopic (exact) mass is 422 g/mol. The maximum absolute atomic E-state index is 13.1. The van der Waals surface area contributed by atoms with Gasteiger partial charge in [0, 0.05) is 37.6 Å². The van der Waals surface area contributed by atoms with Gasteiger partial charge in [-0.1, -0.05) is 30.3 Å². The Hall–Kier alpha value is -2.90. The molecule has 1 N–H and O–H groups in total. The number of aryl methyl sites for hydroxylation is 1. The SMILES string of the molecule is Cn1nc2ccc(OCc3ccccc3)cc2c1C(=O)NCC(C)(C)N1CCOCC1. The molecule has 7 nitrogen and oxygen atoms in total. The van der Waals surface area contributed by atoms with E-state index in [-0.39, 0.29) is 11.4 Å². The van der Waals surface area contributed by atoms with Crippen molar-refractivity contribution in [1.29, 1.82) is 0 Å². The number of hydrogen-bond donors (Lipinski definition) is 1. The highest BCUT2D eigenvalue weighted by Crippen LogP contribution is 2.24. The van der Waals surface area contributed by atoms with Crippen molar-refractivity contribution in [2.75, 3.05) is 32.8 Å². The van der Waals surface area contributed by atoms with E-state index in [2.05, 4.69) is 29.2 Å². The van der Waals surface area contributed by atoms with Gasteiger partial charge in [0.15, 0.2) is 0 Å². The van der Waals surface area contributed by atoms with Gasteiger partial charge in [0.25, 0.3) is 5.91 Å². The van der Waals surface area contributed by atoms with Crippen molar-refractivity contribution in [2.45, 2.75) is 26.0 Å². The first-order valence-corrected chi connectivity index (χ1v) is 10.7. The highest BCUT2D eigenvalue weighted by Gasteiger charge is 2.29. The number of benzene rings is 2. The van der Waals surface area contributed by atoms with Crippen LogP contribution in [0.2, 0.25) is 0 Å². The summed E-state index contributed by atoms with van der Waals surface area (Å²) in [5, 5.41) is 8.40. The van der Waals surface area contributed by atoms with E-state index >= 15 is 0 Å². The number of carbonyl (C=O) groups excluding carboxylic acids is 1. The second-order valence-corrected chi connectivity index (χ2v) is 8.52. The molecule has 0 saturated carbocycles. The molecule has 1 aliphatic heterocycles. The van der Waals surface area contributed by atoms with E-state index in [0.29, 0.717) is 24.6 Å². The first-order valence-electron chi connectivity index (χ1n) is 10.7. The number of hydrogen-bond acceptors (Lipinski definition) is 5. The topological polar surface area (TPSA) is 68.6 Å². The summed E-state index contributed by atoms with van der Waals surface area (Å²) in [4.78, 5) is 15.5. The van der Waals surface area contributed by atoms with Gasteiger partial charge in [-0.3, -0.25) is 14.4 Å². The van der Waals surface area contributed by atoms with Gasteiger partial charge < -0.3 is 14.8 Å². The molecule has 0 atom stereocenters. The summed E-state index contributed by atoms with van der Waals surface area (Å²) in [6, 6.07) is 15.7. The Labute approximate surface area is 182 Å². The molecule has 0 aliphatic carbocycles. The molecule has 0 spiro atoms. The van der Waals surface area contributed by atoms with Crippen LogP contribution in [0.25, 0.3) is 10.9 Å². The van der Waals surface area contributed by atoms with Crippen molar-refractivity contribution in [1.82, 2.24) is 20.0 Å². The fraction of sp³-hybridized carbons (Fsp3) is 0.417. The Morgan fingerprint density at radius 1 is 1.16 bits per heavy atom. The highest BCUT2D eigenvalue weighted by molar-refractivity contribution is 6.05. The normalized spacial score (nSPS) is 15.2. The lowest BCUT2D eigenvalue weighted by Gasteiger charge is -2.40. The molecular formula is C24H30N4O3. The summed E-state index contributed by atoms with van der Waals surface area (Å²) < 4.78 is 13.0. The van der Waals surface area contributed by atoms with Crippen molar-refractivity contribution < 1.29 is 14.3 Å². The second-order valence-electron chi connectivity index (χ2n) is 8.52. The van der Waals surface area contributed by atoms with Crippen LogP contribution in [-0.2, 0) is 18.4 Å². The van der Waals surface area contributed by atoms with E-state index in [9.17, 15) is 4.79 Å². The molecule has 0 radical (unpaired) electrons. The average Bonchev–Trinajstić information content (AvgIpc) is 3.12. The zero-order valence-electron chi connectivity index (χ0n) is 18.4. The summed E-state index contributed by atoms with van der Waals surface area (Å²) in [5.41, 5.74) is 2.25. The number of morpholine rings is 1. The third kappa shape index (κ3) is 4.89. The number of fused-ring (bicyclic) bond motifs is 1. The molecule has 0 unspecified atom stereocenters. The van der Waals surface area contributed by atoms with Crippen LogP contribution in [0.4, 0.5) is 0 Å². The van der Waals surface area contributed by atoms with E-state index in [1.807, 2.05) is 48.5 Å². The molecule has 2 aromatic carbocycles. The van der Waals surface area contributed by atoms with Gasteiger partial charge in [-0.25, -0.2) is 0 Å². The van der Waals surface area contributed by atoms with E-state index in [1.165, 1.54) is 0 Å². The maximum Gasteiger partial charge on any atom is 0.270 e. The van der Waals surface area contributed by atoms with E-state index in [1.54, 1.807) is 11.7 Å². The smallest absolute Gasteiger partial charge is 0.270 e. The summed E-state index contributed by atoms with van der Waals surface area (Å²) in [7, 11) is 1.80. The molecule has 31 heavy (non-hydrogen) atoms. The molecular weight excluding hydrogens is 392 g/mol. The average molecular weight is 423 g/mol. The predicted octanol–water partition coefficient (Wildman–Crippen LogP) is 2.99. The van der Waals surface area contributed by atoms with Crippen LogP contribution in [0, 0.1) is 0 Å². The van der Waals surface area contributed by atoms with Crippen LogP contribution in [0.5, 0.6) is 5.75 Å². The molecule has 1 fully saturated rings. The molecule has 1 saturated heterocycles. The maximum atomic E-state index is 13.1. The second kappa shape index (κ2) is 9.08. The van der Waals surface area contributed by atoms with E-state index in [0.717, 1.165) is 42.8 Å². The van der Waals surface area contributed by atoms with Crippen molar-refractivity contribution in [3.05, 3.63) is 59.8 Å². The fourth-order valence-corrected chi connectivity index (χ4v) is 3.94. The van der Waals surface area contributed by atoms with E-state index in [4.69, 9.17) is 9.47 Å². The number of ether oxygens (including phenoxy) is 2. The quantitative estimate of drug-likeness (QED) is 0.634. The van der Waals surface area contributed by atoms with Gasteiger partial charge in [0.2, 0.25) is 0 Å². The largest absolute Gasteiger partial charge is 0.489 e. The molecule has 3 aromatic rings. The minimum atomic E-state index is -0.155. The highest BCUT2D eigenvalue weighted by atomic mass is 16.5. The summed E-state index contributed by atoms with van der Waals surface area (Å²) in [6.07, 6.45) is 0. The van der Waals surface area contributed by atoms with Gasteiger partial charge in [-0.2, -0.15) is 5.10 Å². The Morgan fingerprint density at radius 2 is 1.90 bits per heavy atom. The van der Waals surface area contributed by atoms with Crippen molar-refractivity contribution in [3.8, 4) is 5.75 Å². The third-order valence-electron chi connectivity index (χ3n) is 5.82. The Morgan fingerprint density at radius 3 is 2.65 bits per heavy atom. The molecule has 164 valence electrons. The Kier molecular flexibility index (Phi) is 6.25. The number of nitrogens with zero attached hydrogens (tertiary/aromatic N) is 3. The first-order chi connectivity index (χ1) is 14.9. The van der Waals surface area contributed by atoms with Crippen molar-refractivity contribution in [3.63, 3.8) is 0 Å². The Balaban J connectivity index is 1.48. The van der Waals surface area contributed by atoms with Crippen molar-refractivity contribution >= 4 is 16.8 Å². The number of carbonyl (C=O) groups is 1. The number of nitrogens with one attached hydrogen (secondary N) is 1. The lowest BCUT2D eigenvalue weighted by molar-refractivity contribution is -0.00925. The first kappa shape index (κ1) is 21.3. The molecule has 2 heterocycles. The summed E-state index contributed by atoms with van der Waals surface area (Å²) >= 11 is 0. The molecule has 1 aliphatic rings. The van der Waals surface area contributed by atoms with Gasteiger partial charge in [0.05, 0.1) is 18.7 Å². The molecule has 1 aromatic heterocycles. The van der Waals surface area contributed by atoms with Gasteiger partial charge >= 0.3 is 0 Å². The van der Waals surface area contributed by atoms with E-state index < -0.39 is 0 Å². The molecule has 7 heteroatoms. The van der Waals surface area contributed by atoms with Crippen LogP contribution in [-0.4, -0.2) is 59.0 Å². The zero-order chi connectivity index (χ0) is 21.8. The van der Waals surface area contributed by atoms with Crippen molar-refractivity contribution in [2.24, 2.45) is 7.05 Å². The number of aromatic nitrogens is 2. The Bertz CT molecular complexity index is 1040. The number of rotatable bonds is 7. The lowest BCUT2D eigenvalue weighted by atomic mass is 10.0. The summed E-state index contributed by atoms with van der Waals surface area (Å²) in [5.74, 6) is 0.582. The zero-order valence-corrected chi connectivity index (χ0v) is 18.4. The molecule has 1 amide bonds. The van der Waals surface area contributed by atoms with Crippen LogP contribution in [0.1, 0.15) is 29.9 Å². The molecule has 4 rings (SSSR count). The minimum absolute atomic E-state index is 0.133. The van der Waals surface area contributed by atoms with Gasteiger partial charge in [-0.15, -0.1) is 0 Å². The van der Waals surface area contributed by atoms with Crippen LogP contribution < -0.4 is 10.1 Å². The summed E-state index contributed by atoms with van der Waals surface area (Å²) in [6.45, 7) is 8.53. The van der Waals surface area contributed by atoms with Crippen LogP contribution >= 0.6 is 0 Å². The van der Waals surface area contributed by atoms with Crippen LogP contribution in [0.3, 0.4) is 0 Å². The van der Waals surface area contributed by atoms with Crippen LogP contribution in [0.15, 0.2) is 48.5 Å². The third-order valence-corrected chi connectivity index (χ3v) is 5.82. The lowest BCUT2D eigenvalue weighted by Crippen LogP contribution is -2.55. The standard InChI is InChI=1S/C24H30N4O3/c1-24(2,28-11-13-30-14-12-28)17-25-23(29)22-20-15-19(9-10-21(20)26-27(22)3)31-16-18-7-5-4-6-8-18/h4-10,15H,11-14,16-17H2,1-3H3,(H,25,29).